The molecule has 0 aromatic heterocycles. The van der Waals surface area contributed by atoms with Crippen LogP contribution in [0.1, 0.15) is 53.4 Å². The van der Waals surface area contributed by atoms with Crippen molar-refractivity contribution in [2.45, 2.75) is 51.7 Å². The van der Waals surface area contributed by atoms with Crippen LogP contribution in [-0.2, 0) is 24.6 Å². The van der Waals surface area contributed by atoms with Gasteiger partial charge in [0, 0.05) is 23.7 Å². The molecule has 0 aliphatic carbocycles. The van der Waals surface area contributed by atoms with Crippen LogP contribution in [0, 0.1) is 0 Å². The van der Waals surface area contributed by atoms with Gasteiger partial charge < -0.3 is 9.64 Å². The zero-order valence-corrected chi connectivity index (χ0v) is 21.6. The van der Waals surface area contributed by atoms with Crippen molar-refractivity contribution in [1.29, 1.82) is 0 Å². The number of hydrogen-bond donors (Lipinski definition) is 0. The Morgan fingerprint density at radius 2 is 1.39 bits per heavy atom. The average molecular weight is 558 g/mol. The van der Waals surface area contributed by atoms with Crippen LogP contribution in [0.3, 0.4) is 0 Å². The van der Waals surface area contributed by atoms with Crippen LogP contribution in [0.25, 0.3) is 0 Å². The largest absolute Gasteiger partial charge is 0.573 e. The summed E-state index contributed by atoms with van der Waals surface area (Å²) in [4.78, 5) is 14.8. The Morgan fingerprint density at radius 3 is 1.92 bits per heavy atom. The molecule has 3 rings (SSSR count). The molecule has 38 heavy (non-hydrogen) atoms. The Hall–Kier alpha value is -3.20. The molecule has 3 aromatic rings. The molecule has 3 aromatic carbocycles. The van der Waals surface area contributed by atoms with Crippen LogP contribution >= 0.6 is 11.6 Å². The molecule has 0 bridgehead atoms. The van der Waals surface area contributed by atoms with Gasteiger partial charge in [-0.15, -0.1) is 13.2 Å². The molecule has 0 spiro atoms. The molecule has 0 heterocycles. The van der Waals surface area contributed by atoms with E-state index in [9.17, 15) is 31.1 Å². The lowest BCUT2D eigenvalue weighted by atomic mass is 9.87. The number of alkyl halides is 6. The van der Waals surface area contributed by atoms with Gasteiger partial charge in [-0.3, -0.25) is 4.79 Å². The quantitative estimate of drug-likeness (QED) is 0.273. The predicted molar refractivity (Wildman–Crippen MR) is 133 cm³/mol. The molecule has 0 N–H and O–H groups in total. The molecular weight excluding hydrogens is 532 g/mol. The lowest BCUT2D eigenvalue weighted by Gasteiger charge is -2.25. The summed E-state index contributed by atoms with van der Waals surface area (Å²) in [5.41, 5.74) is 1.10. The van der Waals surface area contributed by atoms with Gasteiger partial charge in [-0.1, -0.05) is 68.8 Å². The van der Waals surface area contributed by atoms with Crippen molar-refractivity contribution in [2.75, 3.05) is 6.54 Å². The Labute approximate surface area is 222 Å². The van der Waals surface area contributed by atoms with Crippen LogP contribution in [-0.4, -0.2) is 23.7 Å². The first-order chi connectivity index (χ1) is 17.5. The summed E-state index contributed by atoms with van der Waals surface area (Å²) in [6, 6.07) is 15.4. The lowest BCUT2D eigenvalue weighted by molar-refractivity contribution is -0.274. The van der Waals surface area contributed by atoms with Gasteiger partial charge in [-0.05, 0) is 58.9 Å². The molecule has 204 valence electrons. The third kappa shape index (κ3) is 8.41. The van der Waals surface area contributed by atoms with E-state index in [0.29, 0.717) is 5.56 Å². The smallest absolute Gasteiger partial charge is 0.406 e. The van der Waals surface area contributed by atoms with Crippen LogP contribution in [0.15, 0.2) is 66.7 Å². The van der Waals surface area contributed by atoms with E-state index >= 15 is 0 Å². The summed E-state index contributed by atoms with van der Waals surface area (Å²) in [6.07, 6.45) is -9.27. The van der Waals surface area contributed by atoms with E-state index in [1.807, 2.05) is 24.3 Å². The van der Waals surface area contributed by atoms with Crippen molar-refractivity contribution in [3.05, 3.63) is 99.6 Å². The Morgan fingerprint density at radius 1 is 0.816 bits per heavy atom. The van der Waals surface area contributed by atoms with Crippen molar-refractivity contribution in [1.82, 2.24) is 4.90 Å². The van der Waals surface area contributed by atoms with Crippen molar-refractivity contribution < 1.29 is 35.9 Å². The van der Waals surface area contributed by atoms with E-state index in [1.54, 1.807) is 0 Å². The summed E-state index contributed by atoms with van der Waals surface area (Å²) < 4.78 is 81.2. The molecule has 3 nitrogen and oxygen atoms in total. The van der Waals surface area contributed by atoms with E-state index < -0.39 is 24.0 Å². The predicted octanol–water partition coefficient (Wildman–Crippen LogP) is 8.44. The van der Waals surface area contributed by atoms with E-state index in [1.165, 1.54) is 23.1 Å². The number of hydrogen-bond acceptors (Lipinski definition) is 2. The molecular formula is C28H26ClF6NO2. The fourth-order valence-electron chi connectivity index (χ4n) is 3.76. The molecule has 0 atom stereocenters. The summed E-state index contributed by atoms with van der Waals surface area (Å²) in [7, 11) is 0. The van der Waals surface area contributed by atoms with Crippen molar-refractivity contribution in [2.24, 2.45) is 0 Å². The monoisotopic (exact) mass is 557 g/mol. The molecule has 0 saturated carbocycles. The maximum atomic E-state index is 13.4. The van der Waals surface area contributed by atoms with E-state index in [4.69, 9.17) is 11.6 Å². The highest BCUT2D eigenvalue weighted by Gasteiger charge is 2.33. The van der Waals surface area contributed by atoms with Crippen molar-refractivity contribution in [3.63, 3.8) is 0 Å². The minimum absolute atomic E-state index is 0.0905. The molecule has 0 saturated heterocycles. The molecule has 0 fully saturated rings. The summed E-state index contributed by atoms with van der Waals surface area (Å²) in [6.45, 7) is 6.36. The maximum absolute atomic E-state index is 13.4. The van der Waals surface area contributed by atoms with Gasteiger partial charge in [-0.2, -0.15) is 13.2 Å². The highest BCUT2D eigenvalue weighted by Crippen LogP contribution is 2.32. The number of nitrogens with zero attached hydrogens (tertiary/aromatic N) is 1. The fourth-order valence-corrected chi connectivity index (χ4v) is 4.00. The standard InChI is InChI=1S/C28H26ClF6NO2/c1-26(2,3)21-8-4-19(5-9-21)17-36(13-12-18-6-10-24(11-7-18)38-28(33,34)35)25(37)20-14-22(27(30,31)32)16-23(29)15-20/h4-11,14-16H,12-13,17H2,1-3H3. The first-order valence-corrected chi connectivity index (χ1v) is 12.0. The van der Waals surface area contributed by atoms with Gasteiger partial charge in [0.1, 0.15) is 5.75 Å². The van der Waals surface area contributed by atoms with Gasteiger partial charge in [0.15, 0.2) is 0 Å². The fraction of sp³-hybridized carbons (Fsp3) is 0.321. The topological polar surface area (TPSA) is 29.5 Å². The number of ether oxygens (including phenoxy) is 1. The highest BCUT2D eigenvalue weighted by atomic mass is 35.5. The second-order valence-electron chi connectivity index (χ2n) is 9.84. The zero-order valence-electron chi connectivity index (χ0n) is 20.9. The number of carbonyl (C=O) groups is 1. The molecule has 0 unspecified atom stereocenters. The number of carbonyl (C=O) groups excluding carboxylic acids is 1. The van der Waals surface area contributed by atoms with Crippen LogP contribution in [0.2, 0.25) is 5.02 Å². The van der Waals surface area contributed by atoms with E-state index in [-0.39, 0.29) is 41.3 Å². The Balaban J connectivity index is 1.86. The van der Waals surface area contributed by atoms with Crippen LogP contribution < -0.4 is 4.74 Å². The average Bonchev–Trinajstić information content (AvgIpc) is 2.80. The van der Waals surface area contributed by atoms with Crippen LogP contribution in [0.4, 0.5) is 26.3 Å². The summed E-state index contributed by atoms with van der Waals surface area (Å²) >= 11 is 5.90. The van der Waals surface area contributed by atoms with Gasteiger partial charge in [0.05, 0.1) is 5.56 Å². The zero-order chi connectivity index (χ0) is 28.3. The first kappa shape index (κ1) is 29.4. The van der Waals surface area contributed by atoms with E-state index in [0.717, 1.165) is 35.4 Å². The van der Waals surface area contributed by atoms with Gasteiger partial charge in [0.2, 0.25) is 0 Å². The summed E-state index contributed by atoms with van der Waals surface area (Å²) in [5, 5.41) is -0.224. The number of benzene rings is 3. The van der Waals surface area contributed by atoms with Crippen molar-refractivity contribution in [3.8, 4) is 5.75 Å². The molecule has 0 radical (unpaired) electrons. The maximum Gasteiger partial charge on any atom is 0.573 e. The molecule has 0 aliphatic heterocycles. The molecule has 0 aliphatic rings. The third-order valence-corrected chi connectivity index (χ3v) is 6.00. The molecule has 10 heteroatoms. The van der Waals surface area contributed by atoms with Crippen molar-refractivity contribution >= 4 is 17.5 Å². The Bertz CT molecular complexity index is 1250. The number of halogens is 7. The Kier molecular flexibility index (Phi) is 8.71. The molecule has 1 amide bonds. The van der Waals surface area contributed by atoms with Crippen LogP contribution in [0.5, 0.6) is 5.75 Å². The third-order valence-electron chi connectivity index (χ3n) is 5.78. The highest BCUT2D eigenvalue weighted by molar-refractivity contribution is 6.31. The second-order valence-corrected chi connectivity index (χ2v) is 10.3. The summed E-state index contributed by atoms with van der Waals surface area (Å²) in [5.74, 6) is -1.04. The minimum atomic E-state index is -4.82. The van der Waals surface area contributed by atoms with E-state index in [2.05, 4.69) is 25.5 Å². The number of amides is 1. The first-order valence-electron chi connectivity index (χ1n) is 11.6. The second kappa shape index (κ2) is 11.3. The minimum Gasteiger partial charge on any atom is -0.406 e. The number of rotatable bonds is 7. The van der Waals surface area contributed by atoms with Gasteiger partial charge in [0.25, 0.3) is 5.91 Å². The van der Waals surface area contributed by atoms with Gasteiger partial charge >= 0.3 is 12.5 Å². The SMILES string of the molecule is CC(C)(C)c1ccc(CN(CCc2ccc(OC(F)(F)F)cc2)C(=O)c2cc(Cl)cc(C(F)(F)F)c2)cc1. The normalized spacial score (nSPS) is 12.4. The lowest BCUT2D eigenvalue weighted by Crippen LogP contribution is -2.32. The van der Waals surface area contributed by atoms with Gasteiger partial charge in [-0.25, -0.2) is 0 Å².